The molecule has 0 aliphatic heterocycles. The standard InChI is InChI=1S/C14H30N2O2/c1-3-5-12(8-10-15)6-7-14(18)16-11-9-13(17)4-2/h12-13,17H,3-11,15H2,1-2H3,(H,16,18). The Morgan fingerprint density at radius 3 is 2.50 bits per heavy atom. The molecule has 0 saturated heterocycles. The molecular weight excluding hydrogens is 228 g/mol. The molecule has 0 saturated carbocycles. The van der Waals surface area contributed by atoms with Gasteiger partial charge in [-0.05, 0) is 38.1 Å². The number of hydrogen-bond donors (Lipinski definition) is 3. The van der Waals surface area contributed by atoms with Gasteiger partial charge in [-0.2, -0.15) is 0 Å². The van der Waals surface area contributed by atoms with Gasteiger partial charge in [0, 0.05) is 13.0 Å². The van der Waals surface area contributed by atoms with Crippen LogP contribution >= 0.6 is 0 Å². The van der Waals surface area contributed by atoms with E-state index in [2.05, 4.69) is 12.2 Å². The van der Waals surface area contributed by atoms with Crippen LogP contribution in [0.4, 0.5) is 0 Å². The molecule has 0 aliphatic rings. The van der Waals surface area contributed by atoms with E-state index in [0.29, 0.717) is 31.8 Å². The molecule has 4 N–H and O–H groups in total. The van der Waals surface area contributed by atoms with Gasteiger partial charge in [-0.3, -0.25) is 4.79 Å². The SMILES string of the molecule is CCCC(CCN)CCC(=O)NCCC(O)CC. The highest BCUT2D eigenvalue weighted by Crippen LogP contribution is 2.16. The minimum atomic E-state index is -0.296. The van der Waals surface area contributed by atoms with E-state index in [-0.39, 0.29) is 12.0 Å². The summed E-state index contributed by atoms with van der Waals surface area (Å²) < 4.78 is 0. The molecule has 4 nitrogen and oxygen atoms in total. The second-order valence-electron chi connectivity index (χ2n) is 4.97. The minimum absolute atomic E-state index is 0.0939. The quantitative estimate of drug-likeness (QED) is 0.529. The molecule has 2 unspecified atom stereocenters. The Balaban J connectivity index is 3.66. The van der Waals surface area contributed by atoms with Crippen LogP contribution in [0.25, 0.3) is 0 Å². The predicted octanol–water partition coefficient (Wildman–Crippen LogP) is 1.81. The topological polar surface area (TPSA) is 75.4 Å². The van der Waals surface area contributed by atoms with E-state index in [1.807, 2.05) is 6.92 Å². The Morgan fingerprint density at radius 2 is 1.94 bits per heavy atom. The lowest BCUT2D eigenvalue weighted by Crippen LogP contribution is -2.27. The number of carbonyl (C=O) groups excluding carboxylic acids is 1. The van der Waals surface area contributed by atoms with Crippen molar-refractivity contribution in [3.63, 3.8) is 0 Å². The molecule has 0 rings (SSSR count). The molecule has 1 amide bonds. The van der Waals surface area contributed by atoms with E-state index in [1.54, 1.807) is 0 Å². The first-order chi connectivity index (χ1) is 8.63. The van der Waals surface area contributed by atoms with Crippen LogP contribution in [0, 0.1) is 5.92 Å². The van der Waals surface area contributed by atoms with Crippen molar-refractivity contribution in [2.75, 3.05) is 13.1 Å². The van der Waals surface area contributed by atoms with Crippen LogP contribution in [0.1, 0.15) is 58.8 Å². The van der Waals surface area contributed by atoms with Crippen molar-refractivity contribution in [3.8, 4) is 0 Å². The first-order valence-corrected chi connectivity index (χ1v) is 7.28. The zero-order valence-corrected chi connectivity index (χ0v) is 12.0. The van der Waals surface area contributed by atoms with Crippen LogP contribution in [0.15, 0.2) is 0 Å². The van der Waals surface area contributed by atoms with Crippen molar-refractivity contribution in [3.05, 3.63) is 0 Å². The molecule has 0 spiro atoms. The number of aliphatic hydroxyl groups is 1. The maximum atomic E-state index is 11.6. The molecular formula is C14H30N2O2. The lowest BCUT2D eigenvalue weighted by atomic mass is 9.94. The van der Waals surface area contributed by atoms with Crippen molar-refractivity contribution >= 4 is 5.91 Å². The fourth-order valence-corrected chi connectivity index (χ4v) is 2.08. The third-order valence-corrected chi connectivity index (χ3v) is 3.32. The van der Waals surface area contributed by atoms with Crippen molar-refractivity contribution in [2.45, 2.75) is 64.9 Å². The molecule has 0 bridgehead atoms. The second kappa shape index (κ2) is 11.5. The summed E-state index contributed by atoms with van der Waals surface area (Å²) >= 11 is 0. The summed E-state index contributed by atoms with van der Waals surface area (Å²) in [5.41, 5.74) is 5.57. The highest BCUT2D eigenvalue weighted by atomic mass is 16.3. The van der Waals surface area contributed by atoms with E-state index in [9.17, 15) is 9.90 Å². The van der Waals surface area contributed by atoms with Gasteiger partial charge >= 0.3 is 0 Å². The molecule has 0 radical (unpaired) electrons. The van der Waals surface area contributed by atoms with Crippen LogP contribution < -0.4 is 11.1 Å². The predicted molar refractivity (Wildman–Crippen MR) is 75.2 cm³/mol. The van der Waals surface area contributed by atoms with Gasteiger partial charge in [-0.1, -0.05) is 26.7 Å². The number of nitrogens with one attached hydrogen (secondary N) is 1. The number of rotatable bonds is 11. The normalized spacial score (nSPS) is 14.2. The highest BCUT2D eigenvalue weighted by Gasteiger charge is 2.10. The Morgan fingerprint density at radius 1 is 1.22 bits per heavy atom. The van der Waals surface area contributed by atoms with Gasteiger partial charge in [0.05, 0.1) is 6.10 Å². The molecule has 0 aromatic carbocycles. The maximum Gasteiger partial charge on any atom is 0.220 e. The third-order valence-electron chi connectivity index (χ3n) is 3.32. The van der Waals surface area contributed by atoms with Crippen LogP contribution in [0.2, 0.25) is 0 Å². The summed E-state index contributed by atoms with van der Waals surface area (Å²) in [6.07, 6.45) is 5.90. The summed E-state index contributed by atoms with van der Waals surface area (Å²) in [4.78, 5) is 11.6. The average molecular weight is 258 g/mol. The summed E-state index contributed by atoms with van der Waals surface area (Å²) in [7, 11) is 0. The van der Waals surface area contributed by atoms with Crippen LogP contribution in [-0.2, 0) is 4.79 Å². The zero-order chi connectivity index (χ0) is 13.8. The number of hydrogen-bond acceptors (Lipinski definition) is 3. The van der Waals surface area contributed by atoms with Crippen molar-refractivity contribution in [1.29, 1.82) is 0 Å². The van der Waals surface area contributed by atoms with Crippen molar-refractivity contribution < 1.29 is 9.90 Å². The summed E-state index contributed by atoms with van der Waals surface area (Å²) in [6.45, 7) is 5.38. The smallest absolute Gasteiger partial charge is 0.220 e. The summed E-state index contributed by atoms with van der Waals surface area (Å²) in [5, 5.41) is 12.2. The van der Waals surface area contributed by atoms with Crippen LogP contribution in [0.3, 0.4) is 0 Å². The van der Waals surface area contributed by atoms with Gasteiger partial charge in [-0.15, -0.1) is 0 Å². The second-order valence-corrected chi connectivity index (χ2v) is 4.97. The fourth-order valence-electron chi connectivity index (χ4n) is 2.08. The van der Waals surface area contributed by atoms with Gasteiger partial charge < -0.3 is 16.2 Å². The van der Waals surface area contributed by atoms with Gasteiger partial charge in [0.25, 0.3) is 0 Å². The van der Waals surface area contributed by atoms with E-state index in [4.69, 9.17) is 5.73 Å². The molecule has 4 heteroatoms. The molecule has 0 aromatic heterocycles. The Kier molecular flexibility index (Phi) is 11.1. The van der Waals surface area contributed by atoms with Crippen LogP contribution in [0.5, 0.6) is 0 Å². The average Bonchev–Trinajstić information content (AvgIpc) is 2.36. The maximum absolute atomic E-state index is 11.6. The molecule has 0 aromatic rings. The van der Waals surface area contributed by atoms with Gasteiger partial charge in [0.15, 0.2) is 0 Å². The Bertz CT molecular complexity index is 204. The molecule has 2 atom stereocenters. The van der Waals surface area contributed by atoms with E-state index < -0.39 is 0 Å². The van der Waals surface area contributed by atoms with Gasteiger partial charge in [0.2, 0.25) is 5.91 Å². The third kappa shape index (κ3) is 9.42. The van der Waals surface area contributed by atoms with Gasteiger partial charge in [0.1, 0.15) is 0 Å². The fraction of sp³-hybridized carbons (Fsp3) is 0.929. The lowest BCUT2D eigenvalue weighted by molar-refractivity contribution is -0.121. The highest BCUT2D eigenvalue weighted by molar-refractivity contribution is 5.75. The monoisotopic (exact) mass is 258 g/mol. The molecule has 108 valence electrons. The lowest BCUT2D eigenvalue weighted by Gasteiger charge is -2.15. The van der Waals surface area contributed by atoms with E-state index in [0.717, 1.165) is 32.1 Å². The summed E-state index contributed by atoms with van der Waals surface area (Å²) in [6, 6.07) is 0. The summed E-state index contributed by atoms with van der Waals surface area (Å²) in [5.74, 6) is 0.670. The molecule has 0 fully saturated rings. The number of aliphatic hydroxyl groups excluding tert-OH is 1. The van der Waals surface area contributed by atoms with E-state index in [1.165, 1.54) is 0 Å². The van der Waals surface area contributed by atoms with Crippen LogP contribution in [-0.4, -0.2) is 30.2 Å². The number of nitrogens with two attached hydrogens (primary N) is 1. The molecule has 0 aliphatic carbocycles. The molecule has 0 heterocycles. The largest absolute Gasteiger partial charge is 0.393 e. The number of amides is 1. The minimum Gasteiger partial charge on any atom is -0.393 e. The zero-order valence-electron chi connectivity index (χ0n) is 12.0. The van der Waals surface area contributed by atoms with E-state index >= 15 is 0 Å². The molecule has 18 heavy (non-hydrogen) atoms. The Hall–Kier alpha value is -0.610. The number of carbonyl (C=O) groups is 1. The first kappa shape index (κ1) is 17.4. The first-order valence-electron chi connectivity index (χ1n) is 7.28. The van der Waals surface area contributed by atoms with Crippen molar-refractivity contribution in [2.24, 2.45) is 11.7 Å². The van der Waals surface area contributed by atoms with Crippen molar-refractivity contribution in [1.82, 2.24) is 5.32 Å². The van der Waals surface area contributed by atoms with Gasteiger partial charge in [-0.25, -0.2) is 0 Å². The Labute approximate surface area is 111 Å².